The van der Waals surface area contributed by atoms with Crippen LogP contribution in [0.1, 0.15) is 30.5 Å². The number of rotatable bonds is 4. The summed E-state index contributed by atoms with van der Waals surface area (Å²) < 4.78 is 16.5. The van der Waals surface area contributed by atoms with Gasteiger partial charge in [0, 0.05) is 31.2 Å². The van der Waals surface area contributed by atoms with Gasteiger partial charge in [-0.1, -0.05) is 54.6 Å². The third kappa shape index (κ3) is 4.29. The van der Waals surface area contributed by atoms with Crippen LogP contribution in [0.15, 0.2) is 72.0 Å². The molecule has 2 aliphatic rings. The molecule has 1 saturated heterocycles. The van der Waals surface area contributed by atoms with Gasteiger partial charge in [-0.05, 0) is 55.2 Å². The number of amides is 1. The van der Waals surface area contributed by atoms with E-state index in [1.54, 1.807) is 33.7 Å². The van der Waals surface area contributed by atoms with E-state index >= 15 is 0 Å². The maximum Gasteiger partial charge on any atom is 0.351 e. The van der Waals surface area contributed by atoms with Gasteiger partial charge < -0.3 is 9.80 Å². The molecular weight excluding hydrogens is 517 g/mol. The van der Waals surface area contributed by atoms with Crippen molar-refractivity contribution in [2.75, 3.05) is 24.5 Å². The van der Waals surface area contributed by atoms with Crippen molar-refractivity contribution >= 4 is 34.4 Å². The molecule has 1 aliphatic carbocycles. The molecule has 0 bridgehead atoms. The molecule has 9 heteroatoms. The highest BCUT2D eigenvalue weighted by Gasteiger charge is 2.32. The highest BCUT2D eigenvalue weighted by Crippen LogP contribution is 2.38. The lowest BCUT2D eigenvalue weighted by molar-refractivity contribution is -0.126. The highest BCUT2D eigenvalue weighted by atomic mass is 35.5. The van der Waals surface area contributed by atoms with Crippen LogP contribution < -0.4 is 10.6 Å². The summed E-state index contributed by atoms with van der Waals surface area (Å²) in [4.78, 5) is 39.2. The monoisotopic (exact) mass is 543 g/mol. The number of halogens is 2. The molecule has 0 saturated carbocycles. The Hall–Kier alpha value is -4.04. The molecule has 0 spiro atoms. The number of carbonyl (C=O) groups excluding carboxylic acids is 1. The van der Waals surface area contributed by atoms with E-state index < -0.39 is 11.5 Å². The third-order valence-corrected chi connectivity index (χ3v) is 8.05. The van der Waals surface area contributed by atoms with Gasteiger partial charge in [-0.15, -0.1) is 0 Å². The zero-order chi connectivity index (χ0) is 27.3. The van der Waals surface area contributed by atoms with Crippen LogP contribution in [-0.4, -0.2) is 51.0 Å². The second-order valence-electron chi connectivity index (χ2n) is 10.0. The van der Waals surface area contributed by atoms with E-state index in [0.29, 0.717) is 36.5 Å². The fourth-order valence-corrected chi connectivity index (χ4v) is 6.12. The van der Waals surface area contributed by atoms with Crippen molar-refractivity contribution < 1.29 is 9.18 Å². The van der Waals surface area contributed by atoms with E-state index in [1.165, 1.54) is 17.7 Å². The van der Waals surface area contributed by atoms with Gasteiger partial charge in [0.1, 0.15) is 17.3 Å². The second-order valence-corrected chi connectivity index (χ2v) is 10.4. The lowest BCUT2D eigenvalue weighted by Gasteiger charge is -2.40. The van der Waals surface area contributed by atoms with Crippen molar-refractivity contribution in [3.63, 3.8) is 0 Å². The van der Waals surface area contributed by atoms with Crippen LogP contribution in [0.2, 0.25) is 5.02 Å². The molecule has 2 atom stereocenters. The fourth-order valence-electron chi connectivity index (χ4n) is 5.87. The average molecular weight is 544 g/mol. The summed E-state index contributed by atoms with van der Waals surface area (Å²) in [6.45, 7) is 6.98. The molecule has 0 N–H and O–H groups in total. The number of hydrogen-bond donors (Lipinski definition) is 0. The molecule has 7 nitrogen and oxygen atoms in total. The highest BCUT2D eigenvalue weighted by molar-refractivity contribution is 6.33. The zero-order valence-electron chi connectivity index (χ0n) is 21.5. The van der Waals surface area contributed by atoms with E-state index in [4.69, 9.17) is 16.6 Å². The number of benzene rings is 2. The summed E-state index contributed by atoms with van der Waals surface area (Å²) >= 11 is 6.75. The average Bonchev–Trinajstić information content (AvgIpc) is 3.36. The van der Waals surface area contributed by atoms with Gasteiger partial charge in [-0.3, -0.25) is 9.36 Å². The van der Waals surface area contributed by atoms with Crippen molar-refractivity contribution in [3.8, 4) is 11.3 Å². The predicted molar refractivity (Wildman–Crippen MR) is 151 cm³/mol. The largest absolute Gasteiger partial charge is 0.351 e. The molecule has 1 amide bonds. The Labute approximate surface area is 230 Å². The van der Waals surface area contributed by atoms with E-state index in [1.807, 2.05) is 30.0 Å². The van der Waals surface area contributed by atoms with Crippen LogP contribution in [0.4, 0.5) is 10.2 Å². The van der Waals surface area contributed by atoms with Gasteiger partial charge in [0.25, 0.3) is 0 Å². The van der Waals surface area contributed by atoms with Crippen molar-refractivity contribution in [1.82, 2.24) is 19.4 Å². The van der Waals surface area contributed by atoms with E-state index in [-0.39, 0.29) is 34.3 Å². The number of carbonyl (C=O) groups is 1. The first kappa shape index (κ1) is 25.2. The molecule has 6 rings (SSSR count). The number of anilines is 1. The van der Waals surface area contributed by atoms with Gasteiger partial charge in [-0.2, -0.15) is 4.98 Å². The van der Waals surface area contributed by atoms with Crippen LogP contribution in [0.25, 0.3) is 22.3 Å². The molecule has 2 aromatic carbocycles. The number of piperazine rings is 1. The standard InChI is InChI=1S/C30H27ClFN5O2/c1-3-26(38)35-14-15-36(18(2)17-35)28-22-16-23(31)27(21-10-6-7-11-24(21)32)33-29(22)37(30(39)34-28)25-13-12-19-8-4-5-9-20(19)25/h3-11,16,18,25H,1,12-15,17H2,2H3/t18-,25+/m0/s1. The second kappa shape index (κ2) is 9.93. The molecule has 1 aliphatic heterocycles. The van der Waals surface area contributed by atoms with Gasteiger partial charge in [0.2, 0.25) is 5.91 Å². The normalized spacial score (nSPS) is 18.8. The summed E-state index contributed by atoms with van der Waals surface area (Å²) in [6, 6.07) is 15.8. The van der Waals surface area contributed by atoms with E-state index in [9.17, 15) is 14.0 Å². The summed E-state index contributed by atoms with van der Waals surface area (Å²) in [5.74, 6) is -0.114. The Balaban J connectivity index is 1.57. The maximum absolute atomic E-state index is 14.9. The van der Waals surface area contributed by atoms with Gasteiger partial charge in [-0.25, -0.2) is 14.2 Å². The SMILES string of the molecule is C=CC(=O)N1CCN(c2nc(=O)n([C@@H]3CCc4ccccc43)c3nc(-c4ccccc4F)c(Cl)cc23)[C@@H](C)C1. The van der Waals surface area contributed by atoms with Gasteiger partial charge >= 0.3 is 5.69 Å². The Bertz CT molecular complexity index is 1690. The summed E-state index contributed by atoms with van der Waals surface area (Å²) in [6.07, 6.45) is 2.87. The van der Waals surface area contributed by atoms with Gasteiger partial charge in [0.15, 0.2) is 0 Å². The van der Waals surface area contributed by atoms with Crippen LogP contribution >= 0.6 is 11.6 Å². The molecule has 1 fully saturated rings. The fraction of sp³-hybridized carbons (Fsp3) is 0.267. The van der Waals surface area contributed by atoms with Crippen molar-refractivity contribution in [1.29, 1.82) is 0 Å². The minimum absolute atomic E-state index is 0.120. The maximum atomic E-state index is 14.9. The third-order valence-electron chi connectivity index (χ3n) is 7.76. The number of fused-ring (bicyclic) bond motifs is 2. The molecule has 0 radical (unpaired) electrons. The molecule has 4 aromatic rings. The molecule has 198 valence electrons. The molecule has 39 heavy (non-hydrogen) atoms. The van der Waals surface area contributed by atoms with Crippen molar-refractivity contribution in [2.45, 2.75) is 31.8 Å². The number of nitrogens with zero attached hydrogens (tertiary/aromatic N) is 5. The molecular formula is C30H27ClFN5O2. The Kier molecular flexibility index (Phi) is 6.43. The topological polar surface area (TPSA) is 71.3 Å². The van der Waals surface area contributed by atoms with Crippen LogP contribution in [0, 0.1) is 5.82 Å². The molecule has 3 heterocycles. The Morgan fingerprint density at radius 2 is 1.90 bits per heavy atom. The number of hydrogen-bond acceptors (Lipinski definition) is 5. The summed E-state index contributed by atoms with van der Waals surface area (Å²) in [5, 5.41) is 0.875. The first-order valence-corrected chi connectivity index (χ1v) is 13.4. The Morgan fingerprint density at radius 3 is 2.67 bits per heavy atom. The van der Waals surface area contributed by atoms with E-state index in [0.717, 1.165) is 18.4 Å². The molecule has 2 aromatic heterocycles. The lowest BCUT2D eigenvalue weighted by Crippen LogP contribution is -2.54. The minimum Gasteiger partial charge on any atom is -0.350 e. The first-order chi connectivity index (χ1) is 18.9. The smallest absolute Gasteiger partial charge is 0.350 e. The summed E-state index contributed by atoms with van der Waals surface area (Å²) in [7, 11) is 0. The van der Waals surface area contributed by atoms with Crippen LogP contribution in [0.5, 0.6) is 0 Å². The first-order valence-electron chi connectivity index (χ1n) is 13.0. The predicted octanol–water partition coefficient (Wildman–Crippen LogP) is 5.01. The quantitative estimate of drug-likeness (QED) is 0.338. The van der Waals surface area contributed by atoms with E-state index in [2.05, 4.69) is 17.6 Å². The van der Waals surface area contributed by atoms with Crippen molar-refractivity contribution in [3.05, 3.63) is 99.7 Å². The number of aryl methyl sites for hydroxylation is 1. The van der Waals surface area contributed by atoms with Gasteiger partial charge in [0.05, 0.1) is 22.1 Å². The van der Waals surface area contributed by atoms with Crippen molar-refractivity contribution in [2.24, 2.45) is 0 Å². The Morgan fingerprint density at radius 1 is 1.13 bits per heavy atom. The van der Waals surface area contributed by atoms with Crippen LogP contribution in [0.3, 0.4) is 0 Å². The zero-order valence-corrected chi connectivity index (χ0v) is 22.2. The van der Waals surface area contributed by atoms with Crippen LogP contribution in [-0.2, 0) is 11.2 Å². The number of aromatic nitrogens is 3. The number of pyridine rings is 1. The molecule has 0 unspecified atom stereocenters. The lowest BCUT2D eigenvalue weighted by atomic mass is 10.1. The minimum atomic E-state index is -0.447. The summed E-state index contributed by atoms with van der Waals surface area (Å²) in [5.41, 5.74) is 2.76.